The number of halogens is 2. The number of rotatable bonds is 1. The molecule has 0 heterocycles. The minimum atomic E-state index is 0.140. The molecule has 0 saturated carbocycles. The summed E-state index contributed by atoms with van der Waals surface area (Å²) >= 11 is 9.53. The molecule has 1 aromatic rings. The smallest absolute Gasteiger partial charge is 0.0967 e. The van der Waals surface area contributed by atoms with Crippen molar-refractivity contribution in [3.05, 3.63) is 35.9 Å². The van der Waals surface area contributed by atoms with E-state index in [1.165, 1.54) is 0 Å². The summed E-state index contributed by atoms with van der Waals surface area (Å²) in [6.45, 7) is 0.140. The average Bonchev–Trinajstić information content (AvgIpc) is 2.08. The highest BCUT2D eigenvalue weighted by molar-refractivity contribution is 6.40. The molecule has 1 nitrogen and oxygen atoms in total. The number of hydrogen-bond donors (Lipinski definition) is 1. The molecule has 1 rings (SSSR count). The molecule has 0 unspecified atom stereocenters. The van der Waals surface area contributed by atoms with Crippen LogP contribution in [-0.2, 0) is 6.61 Å². The number of alkyl halides is 2. The predicted octanol–water partition coefficient (Wildman–Crippen LogP) is 2.60. The van der Waals surface area contributed by atoms with Gasteiger partial charge in [-0.1, -0.05) is 30.3 Å². The van der Waals surface area contributed by atoms with Gasteiger partial charge in [-0.2, -0.15) is 0 Å². The van der Waals surface area contributed by atoms with Gasteiger partial charge in [-0.25, -0.2) is 0 Å². The first-order chi connectivity index (χ1) is 5.35. The fourth-order valence-electron chi connectivity index (χ4n) is 0.583. The van der Waals surface area contributed by atoms with Gasteiger partial charge in [0.1, 0.15) is 0 Å². The van der Waals surface area contributed by atoms with Crippen LogP contribution in [0.1, 0.15) is 5.56 Å². The maximum absolute atomic E-state index is 8.54. The molecule has 3 heteroatoms. The first-order valence-electron chi connectivity index (χ1n) is 3.11. The number of aliphatic hydroxyl groups excluding tert-OH is 1. The Morgan fingerprint density at radius 2 is 1.55 bits per heavy atom. The monoisotopic (exact) mass is 192 g/mol. The summed E-state index contributed by atoms with van der Waals surface area (Å²) in [6.07, 6.45) is 0. The largest absolute Gasteiger partial charge is 0.392 e. The van der Waals surface area contributed by atoms with Gasteiger partial charge in [0.2, 0.25) is 0 Å². The van der Waals surface area contributed by atoms with Crippen molar-refractivity contribution in [2.24, 2.45) is 0 Å². The lowest BCUT2D eigenvalue weighted by molar-refractivity contribution is 0.282. The van der Waals surface area contributed by atoms with Crippen molar-refractivity contribution in [2.45, 2.75) is 6.61 Å². The Hall–Kier alpha value is -0.240. The second-order valence-corrected chi connectivity index (χ2v) is 2.55. The zero-order valence-electron chi connectivity index (χ0n) is 6.00. The Balaban J connectivity index is 0.000000292. The zero-order valence-corrected chi connectivity index (χ0v) is 7.52. The van der Waals surface area contributed by atoms with Crippen molar-refractivity contribution in [1.29, 1.82) is 0 Å². The molecule has 0 fully saturated rings. The summed E-state index contributed by atoms with van der Waals surface area (Å²) in [5, 5.41) is 8.73. The summed E-state index contributed by atoms with van der Waals surface area (Å²) in [5.74, 6) is 0. The molecule has 0 aliphatic heterocycles. The van der Waals surface area contributed by atoms with Crippen LogP contribution in [0.2, 0.25) is 0 Å². The van der Waals surface area contributed by atoms with Crippen molar-refractivity contribution >= 4 is 23.2 Å². The maximum Gasteiger partial charge on any atom is 0.0967 e. The molecule has 11 heavy (non-hydrogen) atoms. The summed E-state index contributed by atoms with van der Waals surface area (Å²) in [7, 11) is 0. The molecular weight excluding hydrogens is 183 g/mol. The average molecular weight is 193 g/mol. The Bertz CT molecular complexity index is 165. The molecule has 1 N–H and O–H groups in total. The van der Waals surface area contributed by atoms with E-state index in [-0.39, 0.29) is 11.9 Å². The van der Waals surface area contributed by atoms with Crippen LogP contribution in [0.4, 0.5) is 0 Å². The van der Waals surface area contributed by atoms with Crippen molar-refractivity contribution in [3.63, 3.8) is 0 Å². The van der Waals surface area contributed by atoms with Crippen molar-refractivity contribution in [1.82, 2.24) is 0 Å². The molecule has 0 atom stereocenters. The first-order valence-corrected chi connectivity index (χ1v) is 4.18. The molecule has 62 valence electrons. The molecule has 0 aliphatic carbocycles. The highest BCUT2D eigenvalue weighted by Crippen LogP contribution is 1.95. The van der Waals surface area contributed by atoms with Gasteiger partial charge < -0.3 is 5.11 Å². The Labute approximate surface area is 76.6 Å². The van der Waals surface area contributed by atoms with Gasteiger partial charge in [0, 0.05) is 0 Å². The van der Waals surface area contributed by atoms with E-state index in [0.717, 1.165) is 5.56 Å². The van der Waals surface area contributed by atoms with E-state index in [1.54, 1.807) is 0 Å². The van der Waals surface area contributed by atoms with Gasteiger partial charge in [-0.15, -0.1) is 23.2 Å². The number of aliphatic hydroxyl groups is 1. The van der Waals surface area contributed by atoms with Gasteiger partial charge in [0.15, 0.2) is 0 Å². The molecule has 0 radical (unpaired) electrons. The van der Waals surface area contributed by atoms with E-state index < -0.39 is 0 Å². The van der Waals surface area contributed by atoms with Crippen LogP contribution < -0.4 is 0 Å². The van der Waals surface area contributed by atoms with Crippen LogP contribution in [-0.4, -0.2) is 10.4 Å². The molecule has 0 aromatic heterocycles. The molecule has 0 bridgehead atoms. The first kappa shape index (κ1) is 10.8. The zero-order chi connectivity index (χ0) is 8.53. The van der Waals surface area contributed by atoms with Gasteiger partial charge in [0.05, 0.1) is 11.9 Å². The van der Waals surface area contributed by atoms with Gasteiger partial charge in [-0.05, 0) is 5.56 Å². The minimum Gasteiger partial charge on any atom is -0.392 e. The second kappa shape index (κ2) is 7.86. The molecule has 0 spiro atoms. The van der Waals surface area contributed by atoms with Crippen LogP contribution in [0.5, 0.6) is 0 Å². The topological polar surface area (TPSA) is 20.2 Å². The summed E-state index contributed by atoms with van der Waals surface area (Å²) in [5.41, 5.74) is 0.965. The van der Waals surface area contributed by atoms with E-state index in [9.17, 15) is 0 Å². The third-order valence-electron chi connectivity index (χ3n) is 1.03. The minimum absolute atomic E-state index is 0.140. The predicted molar refractivity (Wildman–Crippen MR) is 48.9 cm³/mol. The Kier molecular flexibility index (Phi) is 7.69. The summed E-state index contributed by atoms with van der Waals surface area (Å²) in [4.78, 5) is 0. The number of hydrogen-bond acceptors (Lipinski definition) is 1. The summed E-state index contributed by atoms with van der Waals surface area (Å²) in [6, 6.07) is 9.52. The highest BCUT2D eigenvalue weighted by Gasteiger charge is 1.81. The van der Waals surface area contributed by atoms with Gasteiger partial charge in [0.25, 0.3) is 0 Å². The van der Waals surface area contributed by atoms with Crippen molar-refractivity contribution < 1.29 is 5.11 Å². The van der Waals surface area contributed by atoms with E-state index in [4.69, 9.17) is 28.3 Å². The van der Waals surface area contributed by atoms with Crippen LogP contribution in [0.15, 0.2) is 30.3 Å². The lowest BCUT2D eigenvalue weighted by atomic mass is 10.2. The normalized spacial score (nSPS) is 8.27. The third-order valence-corrected chi connectivity index (χ3v) is 1.03. The highest BCUT2D eigenvalue weighted by atomic mass is 35.5. The lowest BCUT2D eigenvalue weighted by Gasteiger charge is -1.89. The van der Waals surface area contributed by atoms with E-state index in [0.29, 0.717) is 0 Å². The van der Waals surface area contributed by atoms with Gasteiger partial charge >= 0.3 is 0 Å². The van der Waals surface area contributed by atoms with E-state index in [1.807, 2.05) is 30.3 Å². The quantitative estimate of drug-likeness (QED) is 0.679. The Morgan fingerprint density at radius 3 is 1.82 bits per heavy atom. The SMILES string of the molecule is ClCCl.OCc1ccccc1. The van der Waals surface area contributed by atoms with Crippen LogP contribution in [0.25, 0.3) is 0 Å². The van der Waals surface area contributed by atoms with Crippen LogP contribution in [0, 0.1) is 0 Å². The van der Waals surface area contributed by atoms with E-state index in [2.05, 4.69) is 0 Å². The molecule has 0 amide bonds. The van der Waals surface area contributed by atoms with Crippen LogP contribution in [0.3, 0.4) is 0 Å². The maximum atomic E-state index is 8.54. The van der Waals surface area contributed by atoms with Crippen LogP contribution >= 0.6 is 23.2 Å². The molecular formula is C8H10Cl2O. The number of benzene rings is 1. The fraction of sp³-hybridized carbons (Fsp3) is 0.250. The lowest BCUT2D eigenvalue weighted by Crippen LogP contribution is -1.77. The van der Waals surface area contributed by atoms with E-state index >= 15 is 0 Å². The molecule has 0 aliphatic rings. The second-order valence-electron chi connectivity index (χ2n) is 1.74. The fourth-order valence-corrected chi connectivity index (χ4v) is 0.583. The summed E-state index contributed by atoms with van der Waals surface area (Å²) < 4.78 is 0. The third kappa shape index (κ3) is 6.17. The van der Waals surface area contributed by atoms with Crippen molar-refractivity contribution in [3.8, 4) is 0 Å². The standard InChI is InChI=1S/C7H8O.CH2Cl2/c8-6-7-4-2-1-3-5-7;2-1-3/h1-5,8H,6H2;1H2. The molecule has 1 aromatic carbocycles. The van der Waals surface area contributed by atoms with Gasteiger partial charge in [-0.3, -0.25) is 0 Å². The Morgan fingerprint density at radius 1 is 1.09 bits per heavy atom. The van der Waals surface area contributed by atoms with Crippen molar-refractivity contribution in [2.75, 3.05) is 5.34 Å². The molecule has 0 saturated heterocycles.